The molecule has 0 bridgehead atoms. The normalized spacial score (nSPS) is 10.0. The molecule has 2 aromatic carbocycles. The fourth-order valence-electron chi connectivity index (χ4n) is 2.01. The number of nitrogen functional groups attached to an aromatic ring is 1. The van der Waals surface area contributed by atoms with E-state index in [1.54, 1.807) is 43.3 Å². The molecule has 0 unspecified atom stereocenters. The van der Waals surface area contributed by atoms with E-state index in [4.69, 9.17) is 10.6 Å². The predicted molar refractivity (Wildman–Crippen MR) is 83.0 cm³/mol. The molecule has 5 heteroatoms. The molecule has 3 N–H and O–H groups in total. The Kier molecular flexibility index (Phi) is 4.79. The maximum Gasteiger partial charge on any atom is 0.253 e. The van der Waals surface area contributed by atoms with Crippen LogP contribution in [-0.4, -0.2) is 25.0 Å². The zero-order valence-electron chi connectivity index (χ0n) is 12.2. The van der Waals surface area contributed by atoms with E-state index in [0.29, 0.717) is 12.1 Å². The maximum absolute atomic E-state index is 12.3. The van der Waals surface area contributed by atoms with E-state index in [2.05, 4.69) is 5.43 Å². The minimum absolute atomic E-state index is 0.0330. The smallest absolute Gasteiger partial charge is 0.253 e. The Morgan fingerprint density at radius 1 is 1.14 bits per heavy atom. The molecule has 1 amide bonds. The molecular weight excluding hydrogens is 266 g/mol. The predicted octanol–water partition coefficient (Wildman–Crippen LogP) is 2.25. The molecule has 0 aliphatic carbocycles. The molecule has 110 valence electrons. The lowest BCUT2D eigenvalue weighted by atomic mass is 10.1. The summed E-state index contributed by atoms with van der Waals surface area (Å²) in [6.07, 6.45) is 0. The van der Waals surface area contributed by atoms with Gasteiger partial charge in [0, 0.05) is 24.8 Å². The molecule has 0 aromatic heterocycles. The second-order valence-corrected chi connectivity index (χ2v) is 4.73. The molecule has 2 rings (SSSR count). The summed E-state index contributed by atoms with van der Waals surface area (Å²) in [4.78, 5) is 14.0. The Bertz CT molecular complexity index is 594. The number of nitrogens with one attached hydrogen (secondary N) is 1. The van der Waals surface area contributed by atoms with Gasteiger partial charge in [0.1, 0.15) is 5.75 Å². The Morgan fingerprint density at radius 3 is 2.29 bits per heavy atom. The van der Waals surface area contributed by atoms with Crippen molar-refractivity contribution in [3.05, 3.63) is 59.7 Å². The maximum atomic E-state index is 12.3. The second kappa shape index (κ2) is 6.76. The zero-order chi connectivity index (χ0) is 15.2. The number of rotatable bonds is 5. The Hall–Kier alpha value is -2.53. The number of hydrogen-bond acceptors (Lipinski definition) is 4. The summed E-state index contributed by atoms with van der Waals surface area (Å²) in [5, 5.41) is 0. The second-order valence-electron chi connectivity index (χ2n) is 4.73. The third kappa shape index (κ3) is 3.73. The van der Waals surface area contributed by atoms with Gasteiger partial charge in [-0.3, -0.25) is 10.6 Å². The number of nitrogens with two attached hydrogens (primary N) is 1. The van der Waals surface area contributed by atoms with Gasteiger partial charge in [-0.05, 0) is 42.0 Å². The van der Waals surface area contributed by atoms with Gasteiger partial charge in [-0.1, -0.05) is 12.1 Å². The number of amides is 1. The molecule has 0 saturated carbocycles. The Morgan fingerprint density at radius 2 is 1.76 bits per heavy atom. The molecule has 0 aliphatic rings. The highest BCUT2D eigenvalue weighted by atomic mass is 16.5. The summed E-state index contributed by atoms with van der Waals surface area (Å²) in [6, 6.07) is 14.7. The Labute approximate surface area is 124 Å². The average molecular weight is 285 g/mol. The highest BCUT2D eigenvalue weighted by Crippen LogP contribution is 2.14. The number of hydrogen-bond donors (Lipinski definition) is 2. The molecule has 21 heavy (non-hydrogen) atoms. The van der Waals surface area contributed by atoms with Crippen molar-refractivity contribution in [2.24, 2.45) is 5.84 Å². The molecule has 5 nitrogen and oxygen atoms in total. The number of nitrogens with zero attached hydrogens (tertiary/aromatic N) is 1. The first kappa shape index (κ1) is 14.9. The number of carbonyl (C=O) groups excluding carboxylic acids is 1. The summed E-state index contributed by atoms with van der Waals surface area (Å²) < 4.78 is 5.12. The van der Waals surface area contributed by atoms with E-state index >= 15 is 0 Å². The van der Waals surface area contributed by atoms with Crippen molar-refractivity contribution in [2.45, 2.75) is 6.54 Å². The van der Waals surface area contributed by atoms with Crippen molar-refractivity contribution >= 4 is 11.6 Å². The molecular formula is C16H19N3O2. The number of carbonyl (C=O) groups is 1. The number of benzene rings is 2. The highest BCUT2D eigenvalue weighted by molar-refractivity contribution is 5.94. The van der Waals surface area contributed by atoms with Crippen LogP contribution in [0.4, 0.5) is 5.69 Å². The molecule has 0 atom stereocenters. The molecule has 0 saturated heterocycles. The lowest BCUT2D eigenvalue weighted by molar-refractivity contribution is 0.0785. The van der Waals surface area contributed by atoms with Crippen LogP contribution in [0.15, 0.2) is 48.5 Å². The lowest BCUT2D eigenvalue weighted by Gasteiger charge is -2.17. The summed E-state index contributed by atoms with van der Waals surface area (Å²) >= 11 is 0. The van der Waals surface area contributed by atoms with E-state index in [9.17, 15) is 4.79 Å². The molecule has 0 fully saturated rings. The van der Waals surface area contributed by atoms with Gasteiger partial charge in [-0.25, -0.2) is 0 Å². The first-order valence-corrected chi connectivity index (χ1v) is 6.59. The Balaban J connectivity index is 2.03. The molecule has 0 heterocycles. The van der Waals surface area contributed by atoms with Gasteiger partial charge in [0.15, 0.2) is 0 Å². The topological polar surface area (TPSA) is 67.6 Å². The van der Waals surface area contributed by atoms with Crippen LogP contribution in [-0.2, 0) is 6.54 Å². The minimum Gasteiger partial charge on any atom is -0.497 e. The standard InChI is InChI=1S/C16H19N3O2/c1-19(11-12-3-9-15(21-2)10-4-12)16(20)13-5-7-14(18-17)8-6-13/h3-10,18H,11,17H2,1-2H3. The van der Waals surface area contributed by atoms with Crippen molar-refractivity contribution in [3.8, 4) is 5.75 Å². The van der Waals surface area contributed by atoms with E-state index in [1.165, 1.54) is 0 Å². The quantitative estimate of drug-likeness (QED) is 0.653. The summed E-state index contributed by atoms with van der Waals surface area (Å²) in [5.41, 5.74) is 4.98. The minimum atomic E-state index is -0.0330. The van der Waals surface area contributed by atoms with Crippen LogP contribution in [0.5, 0.6) is 5.75 Å². The van der Waals surface area contributed by atoms with E-state index in [1.807, 2.05) is 24.3 Å². The van der Waals surface area contributed by atoms with Crippen molar-refractivity contribution in [1.29, 1.82) is 0 Å². The number of hydrazine groups is 1. The van der Waals surface area contributed by atoms with Crippen LogP contribution < -0.4 is 16.0 Å². The monoisotopic (exact) mass is 285 g/mol. The summed E-state index contributed by atoms with van der Waals surface area (Å²) in [6.45, 7) is 0.541. The number of anilines is 1. The summed E-state index contributed by atoms with van der Waals surface area (Å²) in [5.74, 6) is 6.08. The van der Waals surface area contributed by atoms with Crippen molar-refractivity contribution in [1.82, 2.24) is 4.90 Å². The van der Waals surface area contributed by atoms with Gasteiger partial charge in [0.25, 0.3) is 5.91 Å². The fourth-order valence-corrected chi connectivity index (χ4v) is 2.01. The largest absolute Gasteiger partial charge is 0.497 e. The van der Waals surface area contributed by atoms with Gasteiger partial charge in [0.2, 0.25) is 0 Å². The first-order valence-electron chi connectivity index (χ1n) is 6.59. The van der Waals surface area contributed by atoms with E-state index in [-0.39, 0.29) is 5.91 Å². The van der Waals surface area contributed by atoms with Gasteiger partial charge in [-0.2, -0.15) is 0 Å². The van der Waals surface area contributed by atoms with Crippen LogP contribution >= 0.6 is 0 Å². The molecule has 2 aromatic rings. The van der Waals surface area contributed by atoms with Gasteiger partial charge >= 0.3 is 0 Å². The van der Waals surface area contributed by atoms with Crippen LogP contribution in [0, 0.1) is 0 Å². The van der Waals surface area contributed by atoms with Crippen LogP contribution in [0.2, 0.25) is 0 Å². The molecule has 0 aliphatic heterocycles. The number of methoxy groups -OCH3 is 1. The third-order valence-electron chi connectivity index (χ3n) is 3.22. The van der Waals surface area contributed by atoms with Crippen molar-refractivity contribution in [3.63, 3.8) is 0 Å². The lowest BCUT2D eigenvalue weighted by Crippen LogP contribution is -2.26. The molecule has 0 spiro atoms. The van der Waals surface area contributed by atoms with Crippen molar-refractivity contribution < 1.29 is 9.53 Å². The number of ether oxygens (including phenoxy) is 1. The van der Waals surface area contributed by atoms with E-state index in [0.717, 1.165) is 17.0 Å². The SMILES string of the molecule is COc1ccc(CN(C)C(=O)c2ccc(NN)cc2)cc1. The highest BCUT2D eigenvalue weighted by Gasteiger charge is 2.11. The first-order chi connectivity index (χ1) is 10.1. The summed E-state index contributed by atoms with van der Waals surface area (Å²) in [7, 11) is 3.41. The van der Waals surface area contributed by atoms with Gasteiger partial charge < -0.3 is 15.1 Å². The van der Waals surface area contributed by atoms with E-state index < -0.39 is 0 Å². The third-order valence-corrected chi connectivity index (χ3v) is 3.22. The van der Waals surface area contributed by atoms with Gasteiger partial charge in [-0.15, -0.1) is 0 Å². The van der Waals surface area contributed by atoms with Crippen molar-refractivity contribution in [2.75, 3.05) is 19.6 Å². The van der Waals surface area contributed by atoms with Gasteiger partial charge in [0.05, 0.1) is 7.11 Å². The fraction of sp³-hybridized carbons (Fsp3) is 0.188. The molecule has 0 radical (unpaired) electrons. The van der Waals surface area contributed by atoms with Crippen LogP contribution in [0.25, 0.3) is 0 Å². The van der Waals surface area contributed by atoms with Crippen LogP contribution in [0.3, 0.4) is 0 Å². The zero-order valence-corrected chi connectivity index (χ0v) is 12.2. The van der Waals surface area contributed by atoms with Crippen LogP contribution in [0.1, 0.15) is 15.9 Å². The average Bonchev–Trinajstić information content (AvgIpc) is 2.55.